The molecule has 0 aromatic heterocycles. The molecule has 5 heteroatoms. The van der Waals surface area contributed by atoms with Gasteiger partial charge in [0.1, 0.15) is 6.61 Å². The van der Waals surface area contributed by atoms with Gasteiger partial charge in [-0.3, -0.25) is 4.90 Å². The lowest BCUT2D eigenvalue weighted by Crippen LogP contribution is -2.49. The summed E-state index contributed by atoms with van der Waals surface area (Å²) in [6, 6.07) is 16.8. The number of benzene rings is 2. The van der Waals surface area contributed by atoms with Crippen molar-refractivity contribution in [2.45, 2.75) is 12.3 Å². The Balaban J connectivity index is 1.37. The van der Waals surface area contributed by atoms with E-state index in [2.05, 4.69) is 41.3 Å². The minimum absolute atomic E-state index is 0.104. The van der Waals surface area contributed by atoms with E-state index < -0.39 is 0 Å². The molecule has 4 rings (SSSR count). The van der Waals surface area contributed by atoms with Crippen LogP contribution in [0.2, 0.25) is 0 Å². The summed E-state index contributed by atoms with van der Waals surface area (Å²) < 4.78 is 5.72. The quantitative estimate of drug-likeness (QED) is 0.884. The topological polar surface area (TPSA) is 53.0 Å². The Labute approximate surface area is 160 Å². The van der Waals surface area contributed by atoms with Gasteiger partial charge >= 0.3 is 6.09 Å². The van der Waals surface area contributed by atoms with E-state index in [0.29, 0.717) is 19.7 Å². The molecule has 2 aliphatic rings. The number of rotatable bonds is 5. The third kappa shape index (κ3) is 3.70. The smallest absolute Gasteiger partial charge is 0.409 e. The van der Waals surface area contributed by atoms with Gasteiger partial charge in [-0.1, -0.05) is 48.5 Å². The second-order valence-corrected chi connectivity index (χ2v) is 7.21. The van der Waals surface area contributed by atoms with Gasteiger partial charge in [-0.2, -0.15) is 0 Å². The molecule has 0 radical (unpaired) electrons. The number of nitrogens with zero attached hydrogens (tertiary/aromatic N) is 2. The second-order valence-electron chi connectivity index (χ2n) is 7.21. The number of aliphatic hydroxyl groups excluding tert-OH is 1. The third-order valence-corrected chi connectivity index (χ3v) is 5.60. The van der Waals surface area contributed by atoms with Crippen LogP contribution in [0.4, 0.5) is 4.79 Å². The van der Waals surface area contributed by atoms with Gasteiger partial charge in [-0.15, -0.1) is 0 Å². The summed E-state index contributed by atoms with van der Waals surface area (Å²) in [6.07, 6.45) is 0.559. The summed E-state index contributed by atoms with van der Waals surface area (Å²) in [5.74, 6) is 0.104. The molecular formula is C22H26N2O3. The van der Waals surface area contributed by atoms with Crippen molar-refractivity contribution in [3.8, 4) is 11.1 Å². The molecule has 2 aromatic carbocycles. The van der Waals surface area contributed by atoms with Crippen molar-refractivity contribution < 1.29 is 14.6 Å². The van der Waals surface area contributed by atoms with Gasteiger partial charge in [-0.05, 0) is 28.7 Å². The van der Waals surface area contributed by atoms with E-state index in [1.807, 2.05) is 12.1 Å². The zero-order valence-electron chi connectivity index (χ0n) is 15.5. The zero-order chi connectivity index (χ0) is 18.6. The first-order valence-corrected chi connectivity index (χ1v) is 9.71. The average Bonchev–Trinajstić information content (AvgIpc) is 3.05. The van der Waals surface area contributed by atoms with Crippen LogP contribution in [0.25, 0.3) is 11.1 Å². The SMILES string of the molecule is O=C(OCC1c2ccccc2-c2ccccc21)N1CCN(CCCO)CC1. The maximum absolute atomic E-state index is 12.5. The molecule has 142 valence electrons. The van der Waals surface area contributed by atoms with Crippen molar-refractivity contribution in [2.75, 3.05) is 45.9 Å². The lowest BCUT2D eigenvalue weighted by molar-refractivity contribution is 0.0729. The minimum atomic E-state index is -0.223. The van der Waals surface area contributed by atoms with Crippen LogP contribution in [0.15, 0.2) is 48.5 Å². The van der Waals surface area contributed by atoms with Gasteiger partial charge in [0.05, 0.1) is 0 Å². The Morgan fingerprint density at radius 2 is 1.56 bits per heavy atom. The van der Waals surface area contributed by atoms with Crippen LogP contribution >= 0.6 is 0 Å². The van der Waals surface area contributed by atoms with Crippen LogP contribution in [0, 0.1) is 0 Å². The molecule has 0 atom stereocenters. The lowest BCUT2D eigenvalue weighted by Gasteiger charge is -2.34. The van der Waals surface area contributed by atoms with Crippen molar-refractivity contribution in [1.29, 1.82) is 0 Å². The molecule has 1 amide bonds. The largest absolute Gasteiger partial charge is 0.448 e. The summed E-state index contributed by atoms with van der Waals surface area (Å²) in [4.78, 5) is 16.6. The molecule has 2 aromatic rings. The van der Waals surface area contributed by atoms with E-state index in [1.54, 1.807) is 4.90 Å². The van der Waals surface area contributed by atoms with Gasteiger partial charge in [0.2, 0.25) is 0 Å². The fourth-order valence-corrected chi connectivity index (χ4v) is 4.13. The number of ether oxygens (including phenoxy) is 1. The van der Waals surface area contributed by atoms with Crippen molar-refractivity contribution in [3.63, 3.8) is 0 Å². The maximum Gasteiger partial charge on any atom is 0.409 e. The van der Waals surface area contributed by atoms with E-state index in [-0.39, 0.29) is 18.6 Å². The first kappa shape index (κ1) is 18.0. The van der Waals surface area contributed by atoms with Gasteiger partial charge in [0.25, 0.3) is 0 Å². The van der Waals surface area contributed by atoms with Crippen LogP contribution in [-0.2, 0) is 4.74 Å². The maximum atomic E-state index is 12.5. The van der Waals surface area contributed by atoms with Gasteiger partial charge in [0, 0.05) is 45.2 Å². The van der Waals surface area contributed by atoms with Gasteiger partial charge in [0.15, 0.2) is 0 Å². The van der Waals surface area contributed by atoms with Crippen LogP contribution in [-0.4, -0.2) is 66.9 Å². The minimum Gasteiger partial charge on any atom is -0.448 e. The lowest BCUT2D eigenvalue weighted by atomic mass is 9.98. The fraction of sp³-hybridized carbons (Fsp3) is 0.409. The summed E-state index contributed by atoms with van der Waals surface area (Å²) in [5.41, 5.74) is 4.96. The molecule has 5 nitrogen and oxygen atoms in total. The number of aliphatic hydroxyl groups is 1. The molecule has 0 spiro atoms. The Hall–Kier alpha value is -2.37. The molecule has 0 saturated carbocycles. The van der Waals surface area contributed by atoms with Crippen LogP contribution in [0.5, 0.6) is 0 Å². The standard InChI is InChI=1S/C22H26N2O3/c25-15-5-10-23-11-13-24(14-12-23)22(26)27-16-21-19-8-3-1-6-17(19)18-7-2-4-9-20(18)21/h1-4,6-9,21,25H,5,10-16H2. The summed E-state index contributed by atoms with van der Waals surface area (Å²) >= 11 is 0. The summed E-state index contributed by atoms with van der Waals surface area (Å²) in [6.45, 7) is 4.51. The molecule has 0 bridgehead atoms. The average molecular weight is 366 g/mol. The number of carbonyl (C=O) groups is 1. The second kappa shape index (κ2) is 8.11. The first-order chi connectivity index (χ1) is 13.3. The van der Waals surface area contributed by atoms with Crippen LogP contribution in [0.1, 0.15) is 23.5 Å². The molecule has 1 fully saturated rings. The molecule has 1 heterocycles. The van der Waals surface area contributed by atoms with Crippen molar-refractivity contribution in [2.24, 2.45) is 0 Å². The Morgan fingerprint density at radius 1 is 0.963 bits per heavy atom. The third-order valence-electron chi connectivity index (χ3n) is 5.60. The van der Waals surface area contributed by atoms with E-state index in [1.165, 1.54) is 22.3 Å². The normalized spacial score (nSPS) is 16.9. The summed E-state index contributed by atoms with van der Waals surface area (Å²) in [5, 5.41) is 8.94. The fourth-order valence-electron chi connectivity index (χ4n) is 4.13. The summed E-state index contributed by atoms with van der Waals surface area (Å²) in [7, 11) is 0. The number of carbonyl (C=O) groups excluding carboxylic acids is 1. The number of hydrogen-bond acceptors (Lipinski definition) is 4. The Bertz CT molecular complexity index is 754. The van der Waals surface area contributed by atoms with Crippen molar-refractivity contribution >= 4 is 6.09 Å². The highest BCUT2D eigenvalue weighted by Crippen LogP contribution is 2.44. The Morgan fingerprint density at radius 3 is 2.15 bits per heavy atom. The van der Waals surface area contributed by atoms with Crippen molar-refractivity contribution in [1.82, 2.24) is 9.80 Å². The van der Waals surface area contributed by atoms with Crippen LogP contribution < -0.4 is 0 Å². The predicted octanol–water partition coefficient (Wildman–Crippen LogP) is 2.94. The van der Waals surface area contributed by atoms with Gasteiger partial charge in [-0.25, -0.2) is 4.79 Å². The highest BCUT2D eigenvalue weighted by molar-refractivity contribution is 5.79. The highest BCUT2D eigenvalue weighted by Gasteiger charge is 2.30. The number of hydrogen-bond donors (Lipinski definition) is 1. The van der Waals surface area contributed by atoms with Gasteiger partial charge < -0.3 is 14.7 Å². The first-order valence-electron chi connectivity index (χ1n) is 9.71. The van der Waals surface area contributed by atoms with Crippen molar-refractivity contribution in [3.05, 3.63) is 59.7 Å². The van der Waals surface area contributed by atoms with E-state index in [0.717, 1.165) is 26.1 Å². The highest BCUT2D eigenvalue weighted by atomic mass is 16.6. The predicted molar refractivity (Wildman–Crippen MR) is 105 cm³/mol. The molecule has 1 N–H and O–H groups in total. The van der Waals surface area contributed by atoms with E-state index in [4.69, 9.17) is 9.84 Å². The zero-order valence-corrected chi connectivity index (χ0v) is 15.5. The molecule has 1 aliphatic heterocycles. The molecule has 27 heavy (non-hydrogen) atoms. The van der Waals surface area contributed by atoms with E-state index >= 15 is 0 Å². The molecule has 1 aliphatic carbocycles. The Kier molecular flexibility index (Phi) is 5.41. The number of amides is 1. The monoisotopic (exact) mass is 366 g/mol. The molecular weight excluding hydrogens is 340 g/mol. The number of piperazine rings is 1. The number of fused-ring (bicyclic) bond motifs is 3. The van der Waals surface area contributed by atoms with E-state index in [9.17, 15) is 4.79 Å². The molecule has 0 unspecified atom stereocenters. The van der Waals surface area contributed by atoms with Crippen LogP contribution in [0.3, 0.4) is 0 Å². The molecule has 1 saturated heterocycles.